The van der Waals surface area contributed by atoms with Gasteiger partial charge in [-0.15, -0.1) is 0 Å². The van der Waals surface area contributed by atoms with Crippen LogP contribution in [0, 0.1) is 11.7 Å². The Kier molecular flexibility index (Phi) is 7.44. The number of halogens is 2. The number of nitrogens with one attached hydrogen (secondary N) is 1. The Bertz CT molecular complexity index is 1410. The van der Waals surface area contributed by atoms with Crippen molar-refractivity contribution in [2.75, 3.05) is 24.3 Å². The molecule has 35 heavy (non-hydrogen) atoms. The molecule has 0 radical (unpaired) electrons. The highest BCUT2D eigenvalue weighted by molar-refractivity contribution is 7.91. The average molecular weight is 522 g/mol. The number of sulfone groups is 1. The first kappa shape index (κ1) is 25.2. The Balaban J connectivity index is 1.88. The summed E-state index contributed by atoms with van der Waals surface area (Å²) in [7, 11) is -3.81. The zero-order chi connectivity index (χ0) is 25.2. The van der Waals surface area contributed by atoms with Gasteiger partial charge in [-0.1, -0.05) is 18.5 Å². The van der Waals surface area contributed by atoms with E-state index in [-0.39, 0.29) is 45.0 Å². The predicted molar refractivity (Wildman–Crippen MR) is 132 cm³/mol. The first-order valence-corrected chi connectivity index (χ1v) is 13.1. The van der Waals surface area contributed by atoms with Crippen LogP contribution >= 0.6 is 11.6 Å². The number of hydrogen-bond donors (Lipinski definition) is 2. The number of aromatic nitrogens is 2. The van der Waals surface area contributed by atoms with Crippen LogP contribution in [0.2, 0.25) is 5.02 Å². The number of nitrogens with zero attached hydrogens (tertiary/aromatic N) is 2. The molecule has 0 saturated carbocycles. The molecule has 1 aliphatic heterocycles. The van der Waals surface area contributed by atoms with Gasteiger partial charge >= 0.3 is 0 Å². The van der Waals surface area contributed by atoms with E-state index in [4.69, 9.17) is 16.3 Å². The summed E-state index contributed by atoms with van der Waals surface area (Å²) in [4.78, 5) is 17.2. The highest BCUT2D eigenvalue weighted by Crippen LogP contribution is 2.35. The number of ether oxygens (including phenoxy) is 1. The van der Waals surface area contributed by atoms with Crippen molar-refractivity contribution in [1.29, 1.82) is 0 Å². The maximum Gasteiger partial charge on any atom is 0.261 e. The molecule has 186 valence electrons. The van der Waals surface area contributed by atoms with Crippen molar-refractivity contribution < 1.29 is 22.7 Å². The summed E-state index contributed by atoms with van der Waals surface area (Å²) in [6.45, 7) is 2.08. The SMILES string of the molecule is CC(CO)CS(=O)(=O)c1cnccc1Nc1cc(-c2cc(Cl)ccc2F)c(=O)n2c1OCCCC2. The van der Waals surface area contributed by atoms with Crippen LogP contribution in [0.15, 0.2) is 52.4 Å². The summed E-state index contributed by atoms with van der Waals surface area (Å²) in [5.41, 5.74) is 0.183. The smallest absolute Gasteiger partial charge is 0.261 e. The summed E-state index contributed by atoms with van der Waals surface area (Å²) >= 11 is 6.08. The number of aliphatic hydroxyl groups is 1. The lowest BCUT2D eigenvalue weighted by Gasteiger charge is -2.19. The van der Waals surface area contributed by atoms with Gasteiger partial charge < -0.3 is 15.2 Å². The van der Waals surface area contributed by atoms with Crippen LogP contribution in [0.4, 0.5) is 15.8 Å². The molecule has 0 amide bonds. The van der Waals surface area contributed by atoms with Crippen molar-refractivity contribution in [3.63, 3.8) is 0 Å². The summed E-state index contributed by atoms with van der Waals surface area (Å²) in [6.07, 6.45) is 4.06. The van der Waals surface area contributed by atoms with E-state index in [9.17, 15) is 22.7 Å². The van der Waals surface area contributed by atoms with Crippen molar-refractivity contribution in [3.8, 4) is 17.0 Å². The second-order valence-corrected chi connectivity index (χ2v) is 10.9. The monoisotopic (exact) mass is 521 g/mol. The molecule has 1 aromatic carbocycles. The standard InChI is InChI=1S/C24H25ClFN3O5S/c1-15(13-30)14-35(32,33)22-12-27-7-6-20(22)28-21-11-18(17-10-16(25)4-5-19(17)26)23(31)29-8-2-3-9-34-24(21)29/h4-7,10-12,15,30H,2-3,8-9,13-14H2,1H3,(H,27,28). The molecular weight excluding hydrogens is 497 g/mol. The molecule has 2 aromatic heterocycles. The maximum absolute atomic E-state index is 14.7. The van der Waals surface area contributed by atoms with E-state index < -0.39 is 27.1 Å². The van der Waals surface area contributed by atoms with Crippen LogP contribution in [-0.4, -0.2) is 42.0 Å². The van der Waals surface area contributed by atoms with Gasteiger partial charge in [0.15, 0.2) is 9.84 Å². The van der Waals surface area contributed by atoms with Crippen molar-refractivity contribution in [3.05, 3.63) is 63.9 Å². The molecule has 0 bridgehead atoms. The highest BCUT2D eigenvalue weighted by Gasteiger charge is 2.25. The molecule has 1 unspecified atom stereocenters. The van der Waals surface area contributed by atoms with Gasteiger partial charge in [-0.05, 0) is 49.1 Å². The van der Waals surface area contributed by atoms with Crippen LogP contribution in [0.5, 0.6) is 5.88 Å². The first-order chi connectivity index (χ1) is 16.7. The number of aliphatic hydroxyl groups excluding tert-OH is 1. The largest absolute Gasteiger partial charge is 0.477 e. The molecule has 3 heterocycles. The second-order valence-electron chi connectivity index (χ2n) is 8.48. The van der Waals surface area contributed by atoms with E-state index in [0.29, 0.717) is 25.3 Å². The van der Waals surface area contributed by atoms with Crippen molar-refractivity contribution in [2.24, 2.45) is 5.92 Å². The van der Waals surface area contributed by atoms with Gasteiger partial charge in [-0.3, -0.25) is 14.3 Å². The Labute approximate surface area is 207 Å². The molecule has 1 atom stereocenters. The van der Waals surface area contributed by atoms with Gasteiger partial charge in [0.2, 0.25) is 5.88 Å². The minimum atomic E-state index is -3.81. The summed E-state index contributed by atoms with van der Waals surface area (Å²) in [5.74, 6) is -1.12. The maximum atomic E-state index is 14.7. The van der Waals surface area contributed by atoms with E-state index in [1.165, 1.54) is 47.3 Å². The van der Waals surface area contributed by atoms with Crippen molar-refractivity contribution in [2.45, 2.75) is 31.2 Å². The van der Waals surface area contributed by atoms with E-state index >= 15 is 0 Å². The van der Waals surface area contributed by atoms with Crippen molar-refractivity contribution >= 4 is 32.8 Å². The number of pyridine rings is 2. The molecule has 4 rings (SSSR count). The molecule has 3 aromatic rings. The lowest BCUT2D eigenvalue weighted by Crippen LogP contribution is -2.24. The summed E-state index contributed by atoms with van der Waals surface area (Å²) in [5, 5.41) is 12.7. The zero-order valence-corrected chi connectivity index (χ0v) is 20.6. The van der Waals surface area contributed by atoms with Crippen LogP contribution in [0.1, 0.15) is 19.8 Å². The zero-order valence-electron chi connectivity index (χ0n) is 19.0. The molecule has 0 aliphatic carbocycles. The first-order valence-electron chi connectivity index (χ1n) is 11.1. The molecule has 2 N–H and O–H groups in total. The Hall–Kier alpha value is -2.95. The number of fused-ring (bicyclic) bond motifs is 1. The van der Waals surface area contributed by atoms with Gasteiger partial charge in [0.1, 0.15) is 16.4 Å². The molecule has 0 fully saturated rings. The number of anilines is 2. The number of benzene rings is 1. The van der Waals surface area contributed by atoms with E-state index in [1.807, 2.05) is 0 Å². The predicted octanol–water partition coefficient (Wildman–Crippen LogP) is 4.02. The molecule has 0 saturated heterocycles. The summed E-state index contributed by atoms with van der Waals surface area (Å²) < 4.78 is 48.1. The third-order valence-corrected chi connectivity index (χ3v) is 7.92. The molecule has 0 spiro atoms. The topological polar surface area (TPSA) is 111 Å². The van der Waals surface area contributed by atoms with Gasteiger partial charge in [-0.25, -0.2) is 12.8 Å². The lowest BCUT2D eigenvalue weighted by molar-refractivity contribution is 0.249. The normalized spacial score (nSPS) is 14.5. The lowest BCUT2D eigenvalue weighted by atomic mass is 10.1. The van der Waals surface area contributed by atoms with Gasteiger partial charge in [0, 0.05) is 36.1 Å². The molecule has 1 aliphatic rings. The van der Waals surface area contributed by atoms with Crippen LogP contribution in [0.3, 0.4) is 0 Å². The fourth-order valence-electron chi connectivity index (χ4n) is 3.93. The van der Waals surface area contributed by atoms with E-state index in [1.54, 1.807) is 6.92 Å². The summed E-state index contributed by atoms with van der Waals surface area (Å²) in [6, 6.07) is 6.90. The van der Waals surface area contributed by atoms with Gasteiger partial charge in [0.25, 0.3) is 5.56 Å². The fraction of sp³-hybridized carbons (Fsp3) is 0.333. The second kappa shape index (κ2) is 10.3. The quantitative estimate of drug-likeness (QED) is 0.483. The Morgan fingerprint density at radius 3 is 2.80 bits per heavy atom. The van der Waals surface area contributed by atoms with Gasteiger partial charge in [-0.2, -0.15) is 0 Å². The van der Waals surface area contributed by atoms with E-state index in [0.717, 1.165) is 6.42 Å². The van der Waals surface area contributed by atoms with E-state index in [2.05, 4.69) is 10.3 Å². The van der Waals surface area contributed by atoms with Crippen LogP contribution in [-0.2, 0) is 16.4 Å². The minimum absolute atomic E-state index is 0.0319. The highest BCUT2D eigenvalue weighted by atomic mass is 35.5. The minimum Gasteiger partial charge on any atom is -0.477 e. The molecule has 8 nitrogen and oxygen atoms in total. The third kappa shape index (κ3) is 5.34. The molecular formula is C24H25ClFN3O5S. The molecule has 11 heteroatoms. The van der Waals surface area contributed by atoms with Crippen LogP contribution < -0.4 is 15.6 Å². The third-order valence-electron chi connectivity index (χ3n) is 5.68. The van der Waals surface area contributed by atoms with Crippen molar-refractivity contribution in [1.82, 2.24) is 9.55 Å². The fourth-order valence-corrected chi connectivity index (χ4v) is 5.81. The number of hydrogen-bond acceptors (Lipinski definition) is 7. The van der Waals surface area contributed by atoms with Gasteiger partial charge in [0.05, 0.1) is 23.6 Å². The number of rotatable bonds is 7. The Morgan fingerprint density at radius 1 is 1.23 bits per heavy atom. The van der Waals surface area contributed by atoms with Crippen LogP contribution in [0.25, 0.3) is 11.1 Å². The Morgan fingerprint density at radius 2 is 2.03 bits per heavy atom. The average Bonchev–Trinajstić information content (AvgIpc) is 3.09.